The quantitative estimate of drug-likeness (QED) is 0.0344. The fourth-order valence-corrected chi connectivity index (χ4v) is 9.05. The molecule has 0 unspecified atom stereocenters. The number of hydrogen-bond donors (Lipinski definition) is 0. The maximum Gasteiger partial charge on any atom is 0.306 e. The van der Waals surface area contributed by atoms with Gasteiger partial charge in [0.05, 0.1) is 0 Å². The molecule has 0 radical (unpaired) electrons. The summed E-state index contributed by atoms with van der Waals surface area (Å²) in [6.45, 7) is 11.4. The molecular weight excluding hydrogens is 805 g/mol. The van der Waals surface area contributed by atoms with Gasteiger partial charge in [-0.2, -0.15) is 0 Å². The number of ether oxygens (including phenoxy) is 3. The first-order chi connectivity index (χ1) is 31.7. The molecule has 0 amide bonds. The molecule has 65 heavy (non-hydrogen) atoms. The number of carbonyl (C=O) groups excluding carboxylic acids is 3. The zero-order valence-corrected chi connectivity index (χ0v) is 44.6. The molecule has 0 aliphatic carbocycles. The van der Waals surface area contributed by atoms with Gasteiger partial charge >= 0.3 is 17.9 Å². The summed E-state index contributed by atoms with van der Waals surface area (Å²) in [6, 6.07) is 0. The van der Waals surface area contributed by atoms with Gasteiger partial charge in [-0.1, -0.05) is 291 Å². The van der Waals surface area contributed by atoms with Gasteiger partial charge in [-0.25, -0.2) is 0 Å². The molecule has 0 saturated heterocycles. The molecule has 0 aliphatic rings. The van der Waals surface area contributed by atoms with Crippen LogP contribution in [-0.4, -0.2) is 37.2 Å². The molecule has 0 aliphatic heterocycles. The van der Waals surface area contributed by atoms with Crippen molar-refractivity contribution in [2.24, 2.45) is 11.8 Å². The van der Waals surface area contributed by atoms with E-state index in [0.717, 1.165) is 69.6 Å². The van der Waals surface area contributed by atoms with Gasteiger partial charge < -0.3 is 14.2 Å². The molecule has 0 N–H and O–H groups in total. The van der Waals surface area contributed by atoms with Crippen LogP contribution in [0.1, 0.15) is 330 Å². The summed E-state index contributed by atoms with van der Waals surface area (Å²) in [5.41, 5.74) is 0. The minimum absolute atomic E-state index is 0.0635. The normalized spacial score (nSPS) is 12.0. The molecule has 0 fully saturated rings. The van der Waals surface area contributed by atoms with Crippen LogP contribution in [0.3, 0.4) is 0 Å². The van der Waals surface area contributed by atoms with Crippen molar-refractivity contribution in [1.82, 2.24) is 0 Å². The Bertz CT molecular complexity index is 993. The lowest BCUT2D eigenvalue weighted by Gasteiger charge is -2.18. The Morgan fingerprint density at radius 1 is 0.292 bits per heavy atom. The summed E-state index contributed by atoms with van der Waals surface area (Å²) in [5, 5.41) is 0. The van der Waals surface area contributed by atoms with Crippen molar-refractivity contribution < 1.29 is 28.6 Å². The van der Waals surface area contributed by atoms with E-state index in [9.17, 15) is 14.4 Å². The second-order valence-electron chi connectivity index (χ2n) is 21.2. The minimum Gasteiger partial charge on any atom is -0.462 e. The van der Waals surface area contributed by atoms with Crippen LogP contribution in [0.15, 0.2) is 0 Å². The summed E-state index contributed by atoms with van der Waals surface area (Å²) in [6.07, 6.45) is 55.5. The van der Waals surface area contributed by atoms with Crippen LogP contribution in [0.4, 0.5) is 0 Å². The molecule has 1 atom stereocenters. The third-order valence-corrected chi connectivity index (χ3v) is 13.5. The van der Waals surface area contributed by atoms with Crippen LogP contribution in [0.25, 0.3) is 0 Å². The molecule has 0 aromatic heterocycles. The molecule has 0 aromatic rings. The highest BCUT2D eigenvalue weighted by Gasteiger charge is 2.19. The fraction of sp³-hybridized carbons (Fsp3) is 0.949. The van der Waals surface area contributed by atoms with Crippen molar-refractivity contribution in [2.45, 2.75) is 336 Å². The van der Waals surface area contributed by atoms with Crippen LogP contribution in [0.2, 0.25) is 0 Å². The van der Waals surface area contributed by atoms with E-state index in [-0.39, 0.29) is 31.1 Å². The SMILES string of the molecule is CCCCCCCCCCCCCCCCCCCC(=O)O[C@@H](COC(=O)CCCCCCCCCCCCCCCCCCCCC(C)C)COC(=O)CCCCCCCCC(C)C. The Labute approximate surface area is 406 Å². The van der Waals surface area contributed by atoms with E-state index >= 15 is 0 Å². The van der Waals surface area contributed by atoms with Crippen molar-refractivity contribution in [2.75, 3.05) is 13.2 Å². The zero-order valence-electron chi connectivity index (χ0n) is 44.6. The van der Waals surface area contributed by atoms with Gasteiger partial charge in [-0.15, -0.1) is 0 Å². The molecule has 386 valence electrons. The van der Waals surface area contributed by atoms with Crippen LogP contribution in [-0.2, 0) is 28.6 Å². The van der Waals surface area contributed by atoms with E-state index in [2.05, 4.69) is 34.6 Å². The van der Waals surface area contributed by atoms with E-state index in [4.69, 9.17) is 14.2 Å². The van der Waals surface area contributed by atoms with Crippen LogP contribution < -0.4 is 0 Å². The number of unbranched alkanes of at least 4 members (excludes halogenated alkanes) is 38. The van der Waals surface area contributed by atoms with Gasteiger partial charge in [0, 0.05) is 19.3 Å². The topological polar surface area (TPSA) is 78.9 Å². The van der Waals surface area contributed by atoms with E-state index < -0.39 is 6.10 Å². The highest BCUT2D eigenvalue weighted by molar-refractivity contribution is 5.71. The Morgan fingerprint density at radius 3 is 0.754 bits per heavy atom. The van der Waals surface area contributed by atoms with Crippen molar-refractivity contribution in [3.8, 4) is 0 Å². The summed E-state index contributed by atoms with van der Waals surface area (Å²) in [5.74, 6) is 0.778. The minimum atomic E-state index is -0.763. The van der Waals surface area contributed by atoms with Crippen molar-refractivity contribution in [1.29, 1.82) is 0 Å². The van der Waals surface area contributed by atoms with E-state index in [1.165, 1.54) is 218 Å². The monoisotopic (exact) mass is 919 g/mol. The Hall–Kier alpha value is -1.59. The third-order valence-electron chi connectivity index (χ3n) is 13.5. The molecule has 0 saturated carbocycles. The molecule has 0 spiro atoms. The molecule has 0 heterocycles. The maximum atomic E-state index is 12.8. The first-order valence-electron chi connectivity index (χ1n) is 29.2. The fourth-order valence-electron chi connectivity index (χ4n) is 9.05. The van der Waals surface area contributed by atoms with Crippen molar-refractivity contribution in [3.63, 3.8) is 0 Å². The first-order valence-corrected chi connectivity index (χ1v) is 29.2. The first kappa shape index (κ1) is 63.4. The molecule has 0 aromatic carbocycles. The Balaban J connectivity index is 4.18. The lowest BCUT2D eigenvalue weighted by Crippen LogP contribution is -2.30. The molecular formula is C59H114O6. The Kier molecular flexibility index (Phi) is 50.5. The van der Waals surface area contributed by atoms with Crippen LogP contribution in [0.5, 0.6) is 0 Å². The second kappa shape index (κ2) is 51.8. The summed E-state index contributed by atoms with van der Waals surface area (Å²) in [4.78, 5) is 38.0. The average molecular weight is 920 g/mol. The third kappa shape index (κ3) is 53.2. The Morgan fingerprint density at radius 2 is 0.508 bits per heavy atom. The maximum absolute atomic E-state index is 12.8. The number of rotatable bonds is 53. The van der Waals surface area contributed by atoms with Gasteiger partial charge in [0.15, 0.2) is 6.10 Å². The van der Waals surface area contributed by atoms with Crippen LogP contribution >= 0.6 is 0 Å². The molecule has 6 nitrogen and oxygen atoms in total. The van der Waals surface area contributed by atoms with Crippen molar-refractivity contribution in [3.05, 3.63) is 0 Å². The van der Waals surface area contributed by atoms with Gasteiger partial charge in [-0.3, -0.25) is 14.4 Å². The number of hydrogen-bond acceptors (Lipinski definition) is 6. The number of esters is 3. The van der Waals surface area contributed by atoms with E-state index in [1.807, 2.05) is 0 Å². The lowest BCUT2D eigenvalue weighted by molar-refractivity contribution is -0.167. The van der Waals surface area contributed by atoms with Crippen molar-refractivity contribution >= 4 is 17.9 Å². The van der Waals surface area contributed by atoms with Gasteiger partial charge in [0.25, 0.3) is 0 Å². The van der Waals surface area contributed by atoms with Gasteiger partial charge in [0.1, 0.15) is 13.2 Å². The number of carbonyl (C=O) groups is 3. The predicted molar refractivity (Wildman–Crippen MR) is 280 cm³/mol. The summed E-state index contributed by atoms with van der Waals surface area (Å²) < 4.78 is 16.9. The molecule has 0 bridgehead atoms. The largest absolute Gasteiger partial charge is 0.462 e. The standard InChI is InChI=1S/C59H114O6/c1-6-7-8-9-10-11-12-13-14-17-22-25-28-31-34-41-46-51-59(62)65-56(53-64-58(61)50-45-40-36-35-38-43-48-55(4)5)52-63-57(60)49-44-39-33-30-27-24-21-19-16-15-18-20-23-26-29-32-37-42-47-54(2)3/h54-56H,6-53H2,1-5H3/t56-/m0/s1. The van der Waals surface area contributed by atoms with E-state index in [0.29, 0.717) is 19.3 Å². The average Bonchev–Trinajstić information content (AvgIpc) is 3.28. The lowest BCUT2D eigenvalue weighted by atomic mass is 10.0. The van der Waals surface area contributed by atoms with Gasteiger partial charge in [0.2, 0.25) is 0 Å². The highest BCUT2D eigenvalue weighted by Crippen LogP contribution is 2.18. The second-order valence-corrected chi connectivity index (χ2v) is 21.2. The summed E-state index contributed by atoms with van der Waals surface area (Å²) >= 11 is 0. The predicted octanol–water partition coefficient (Wildman–Crippen LogP) is 19.3. The summed E-state index contributed by atoms with van der Waals surface area (Å²) in [7, 11) is 0. The van der Waals surface area contributed by atoms with E-state index in [1.54, 1.807) is 0 Å². The van der Waals surface area contributed by atoms with Gasteiger partial charge in [-0.05, 0) is 31.1 Å². The highest BCUT2D eigenvalue weighted by atomic mass is 16.6. The van der Waals surface area contributed by atoms with Crippen LogP contribution in [0, 0.1) is 11.8 Å². The molecule has 0 rings (SSSR count). The smallest absolute Gasteiger partial charge is 0.306 e. The zero-order chi connectivity index (χ0) is 47.5. The molecule has 6 heteroatoms.